The third-order valence-corrected chi connectivity index (χ3v) is 5.84. The van der Waals surface area contributed by atoms with Crippen LogP contribution < -0.4 is 0 Å². The van der Waals surface area contributed by atoms with Crippen LogP contribution in [0.2, 0.25) is 0 Å². The molecule has 0 radical (unpaired) electrons. The number of aliphatic hydroxyl groups is 2. The van der Waals surface area contributed by atoms with E-state index in [4.69, 9.17) is 33.2 Å². The Bertz CT molecular complexity index is 532. The van der Waals surface area contributed by atoms with Gasteiger partial charge in [0.25, 0.3) is 0 Å². The summed E-state index contributed by atoms with van der Waals surface area (Å²) in [5.74, 6) is 0. The lowest BCUT2D eigenvalue weighted by Crippen LogP contribution is -2.55. The van der Waals surface area contributed by atoms with E-state index in [1.54, 1.807) is 33.5 Å². The molecule has 0 spiro atoms. The minimum Gasteiger partial charge on any atom is -0.496 e. The molecule has 29 heavy (non-hydrogen) atoms. The Morgan fingerprint density at radius 1 is 0.828 bits per heavy atom. The van der Waals surface area contributed by atoms with Crippen molar-refractivity contribution in [3.05, 3.63) is 12.3 Å². The molecule has 0 aromatic rings. The van der Waals surface area contributed by atoms with E-state index in [1.807, 2.05) is 13.8 Å². The highest BCUT2D eigenvalue weighted by atomic mass is 16.7. The Labute approximate surface area is 171 Å². The smallest absolute Gasteiger partial charge is 0.161 e. The zero-order valence-electron chi connectivity index (χ0n) is 17.7. The van der Waals surface area contributed by atoms with Gasteiger partial charge in [0.15, 0.2) is 12.6 Å². The number of hydrogen-bond acceptors (Lipinski definition) is 9. The van der Waals surface area contributed by atoms with E-state index in [2.05, 4.69) is 0 Å². The molecule has 0 aromatic heterocycles. The predicted octanol–water partition coefficient (Wildman–Crippen LogP) is 0.711. The van der Waals surface area contributed by atoms with Crippen molar-refractivity contribution in [2.75, 3.05) is 14.2 Å². The van der Waals surface area contributed by atoms with E-state index in [0.717, 1.165) is 0 Å². The summed E-state index contributed by atoms with van der Waals surface area (Å²) in [6, 6.07) is 0. The first-order valence-corrected chi connectivity index (χ1v) is 10.2. The van der Waals surface area contributed by atoms with Crippen LogP contribution in [0.15, 0.2) is 12.3 Å². The highest BCUT2D eigenvalue weighted by molar-refractivity contribution is 4.98. The van der Waals surface area contributed by atoms with Crippen molar-refractivity contribution >= 4 is 0 Å². The summed E-state index contributed by atoms with van der Waals surface area (Å²) in [4.78, 5) is 0. The van der Waals surface area contributed by atoms with Gasteiger partial charge in [-0.05, 0) is 26.8 Å². The number of ether oxygens (including phenoxy) is 7. The van der Waals surface area contributed by atoms with E-state index in [1.165, 1.54) is 0 Å². The molecule has 0 aliphatic carbocycles. The van der Waals surface area contributed by atoms with Gasteiger partial charge in [-0.3, -0.25) is 0 Å². The summed E-state index contributed by atoms with van der Waals surface area (Å²) in [6.45, 7) is 5.49. The average molecular weight is 418 g/mol. The zero-order valence-corrected chi connectivity index (χ0v) is 17.7. The van der Waals surface area contributed by atoms with Crippen molar-refractivity contribution in [1.82, 2.24) is 0 Å². The molecule has 0 aromatic carbocycles. The second kappa shape index (κ2) is 10.0. The zero-order chi connectivity index (χ0) is 21.1. The van der Waals surface area contributed by atoms with Crippen LogP contribution in [-0.2, 0) is 33.2 Å². The van der Waals surface area contributed by atoms with Crippen molar-refractivity contribution in [3.63, 3.8) is 0 Å². The van der Waals surface area contributed by atoms with Gasteiger partial charge < -0.3 is 43.4 Å². The molecule has 2 saturated heterocycles. The Morgan fingerprint density at radius 2 is 1.48 bits per heavy atom. The summed E-state index contributed by atoms with van der Waals surface area (Å²) in [5, 5.41) is 20.8. The number of methoxy groups -OCH3 is 2. The third kappa shape index (κ3) is 5.29. The monoisotopic (exact) mass is 418 g/mol. The van der Waals surface area contributed by atoms with Gasteiger partial charge in [0.2, 0.25) is 0 Å². The van der Waals surface area contributed by atoms with Crippen molar-refractivity contribution in [2.45, 2.75) is 101 Å². The van der Waals surface area contributed by atoms with Gasteiger partial charge in [-0.15, -0.1) is 0 Å². The first kappa shape index (κ1) is 22.9. The molecule has 2 fully saturated rings. The molecule has 9 heteroatoms. The van der Waals surface area contributed by atoms with Crippen LogP contribution in [0.4, 0.5) is 0 Å². The van der Waals surface area contributed by atoms with Crippen molar-refractivity contribution < 1.29 is 43.4 Å². The van der Waals surface area contributed by atoms with Crippen LogP contribution in [0.1, 0.15) is 33.6 Å². The maximum absolute atomic E-state index is 10.7. The molecule has 0 unspecified atom stereocenters. The SMILES string of the molecule is CO[C@H]1C=CO[C@H](C)[C@H]1O[C@@H]1C[C@@H](O)[C@@H](O[C@H]2C[C@@H](OC)[C@H](O)[C@@H](C)O2)[C@@H](C)O1. The first-order chi connectivity index (χ1) is 13.8. The summed E-state index contributed by atoms with van der Waals surface area (Å²) in [5.41, 5.74) is 0. The molecule has 3 rings (SSSR count). The lowest BCUT2D eigenvalue weighted by molar-refractivity contribution is -0.322. The Hall–Kier alpha value is -0.780. The van der Waals surface area contributed by atoms with E-state index >= 15 is 0 Å². The fourth-order valence-corrected chi connectivity index (χ4v) is 4.09. The number of rotatable bonds is 6. The molecule has 9 nitrogen and oxygen atoms in total. The van der Waals surface area contributed by atoms with E-state index < -0.39 is 43.1 Å². The van der Waals surface area contributed by atoms with Gasteiger partial charge >= 0.3 is 0 Å². The maximum Gasteiger partial charge on any atom is 0.161 e. The summed E-state index contributed by atoms with van der Waals surface area (Å²) >= 11 is 0. The molecule has 168 valence electrons. The van der Waals surface area contributed by atoms with Crippen LogP contribution in [0.3, 0.4) is 0 Å². The maximum atomic E-state index is 10.7. The molecular weight excluding hydrogens is 384 g/mol. The highest BCUT2D eigenvalue weighted by Gasteiger charge is 2.43. The third-order valence-electron chi connectivity index (χ3n) is 5.84. The quantitative estimate of drug-likeness (QED) is 0.645. The van der Waals surface area contributed by atoms with Gasteiger partial charge in [-0.1, -0.05) is 0 Å². The normalized spacial score (nSPS) is 48.3. The molecule has 3 heterocycles. The molecule has 11 atom stereocenters. The van der Waals surface area contributed by atoms with Crippen LogP contribution >= 0.6 is 0 Å². The van der Waals surface area contributed by atoms with Crippen molar-refractivity contribution in [3.8, 4) is 0 Å². The van der Waals surface area contributed by atoms with Crippen LogP contribution in [0.25, 0.3) is 0 Å². The van der Waals surface area contributed by atoms with Crippen LogP contribution in [0, 0.1) is 0 Å². The molecule has 3 aliphatic rings. The fourth-order valence-electron chi connectivity index (χ4n) is 4.09. The fraction of sp³-hybridized carbons (Fsp3) is 0.900. The van der Waals surface area contributed by atoms with Gasteiger partial charge in [0.1, 0.15) is 30.5 Å². The topological polar surface area (TPSA) is 105 Å². The highest BCUT2D eigenvalue weighted by Crippen LogP contribution is 2.31. The van der Waals surface area contributed by atoms with Crippen LogP contribution in [0.5, 0.6) is 0 Å². The van der Waals surface area contributed by atoms with Gasteiger partial charge in [0.05, 0.1) is 30.7 Å². The molecule has 3 aliphatic heterocycles. The van der Waals surface area contributed by atoms with Crippen molar-refractivity contribution in [2.24, 2.45) is 0 Å². The Balaban J connectivity index is 1.56. The molecule has 0 amide bonds. The number of hydrogen-bond donors (Lipinski definition) is 2. The number of aliphatic hydroxyl groups excluding tert-OH is 2. The van der Waals surface area contributed by atoms with E-state index in [-0.39, 0.29) is 30.8 Å². The Kier molecular flexibility index (Phi) is 7.91. The average Bonchev–Trinajstić information content (AvgIpc) is 2.68. The molecule has 2 N–H and O–H groups in total. The lowest BCUT2D eigenvalue weighted by Gasteiger charge is -2.44. The largest absolute Gasteiger partial charge is 0.496 e. The van der Waals surface area contributed by atoms with E-state index in [9.17, 15) is 10.2 Å². The van der Waals surface area contributed by atoms with Gasteiger partial charge in [-0.25, -0.2) is 0 Å². The van der Waals surface area contributed by atoms with E-state index in [0.29, 0.717) is 6.42 Å². The first-order valence-electron chi connectivity index (χ1n) is 10.2. The van der Waals surface area contributed by atoms with Crippen LogP contribution in [-0.4, -0.2) is 91.9 Å². The van der Waals surface area contributed by atoms with Gasteiger partial charge in [0, 0.05) is 27.1 Å². The summed E-state index contributed by atoms with van der Waals surface area (Å²) in [6.07, 6.45) is -1.34. The van der Waals surface area contributed by atoms with Gasteiger partial charge in [-0.2, -0.15) is 0 Å². The van der Waals surface area contributed by atoms with Crippen molar-refractivity contribution in [1.29, 1.82) is 0 Å². The summed E-state index contributed by atoms with van der Waals surface area (Å²) < 4.78 is 40.1. The minimum absolute atomic E-state index is 0.204. The molecule has 0 bridgehead atoms. The predicted molar refractivity (Wildman–Crippen MR) is 101 cm³/mol. The second-order valence-electron chi connectivity index (χ2n) is 7.92. The standard InChI is InChI=1S/C20H34O9/c1-10-18(22)15(24-5)9-17(26-10)28-19-12(3)27-16(8-13(19)21)29-20-11(2)25-7-6-14(20)23-4/h6-7,10-22H,8-9H2,1-5H3/t10-,11-,12-,13-,14+,15-,16-,17+,18-,19+,20-/m1/s1. The molecular formula is C20H34O9. The Morgan fingerprint density at radius 3 is 2.14 bits per heavy atom. The summed E-state index contributed by atoms with van der Waals surface area (Å²) in [7, 11) is 3.16. The minimum atomic E-state index is -0.799. The molecule has 0 saturated carbocycles. The second-order valence-corrected chi connectivity index (χ2v) is 7.92. The lowest BCUT2D eigenvalue weighted by atomic mass is 10.00.